The molecule has 7 heteroatoms. The lowest BCUT2D eigenvalue weighted by atomic mass is 10.0. The first-order valence-corrected chi connectivity index (χ1v) is 9.15. The zero-order valence-electron chi connectivity index (χ0n) is 13.8. The van der Waals surface area contributed by atoms with E-state index in [1.807, 2.05) is 48.5 Å². The average Bonchev–Trinajstić information content (AvgIpc) is 2.94. The maximum Gasteiger partial charge on any atom is 0.265 e. The molecule has 0 radical (unpaired) electrons. The zero-order valence-corrected chi connectivity index (χ0v) is 14.7. The second-order valence-corrected chi connectivity index (χ2v) is 7.44. The average molecular weight is 367 g/mol. The number of rotatable bonds is 4. The molecule has 2 heterocycles. The monoisotopic (exact) mass is 367 g/mol. The lowest BCUT2D eigenvalue weighted by Crippen LogP contribution is -2.38. The molecule has 0 aliphatic carbocycles. The van der Waals surface area contributed by atoms with Crippen LogP contribution in [0.2, 0.25) is 0 Å². The highest BCUT2D eigenvalue weighted by Gasteiger charge is 2.30. The number of aliphatic imine (C=N–C) groups is 1. The number of carbonyl (C=O) groups excluding carboxylic acids is 2. The van der Waals surface area contributed by atoms with Crippen LogP contribution in [0.3, 0.4) is 0 Å². The van der Waals surface area contributed by atoms with Crippen molar-refractivity contribution in [1.82, 2.24) is 0 Å². The molecule has 2 atom stereocenters. The molecule has 2 aliphatic heterocycles. The third-order valence-corrected chi connectivity index (χ3v) is 5.29. The zero-order chi connectivity index (χ0) is 18.1. The lowest BCUT2D eigenvalue weighted by molar-refractivity contribution is -0.123. The number of amides is 2. The van der Waals surface area contributed by atoms with Crippen LogP contribution in [0.15, 0.2) is 53.5 Å². The topological polar surface area (TPSA) is 93.8 Å². The van der Waals surface area contributed by atoms with Crippen LogP contribution in [0.1, 0.15) is 11.1 Å². The highest BCUT2D eigenvalue weighted by molar-refractivity contribution is 8.15. The smallest absolute Gasteiger partial charge is 0.265 e. The van der Waals surface area contributed by atoms with E-state index < -0.39 is 6.10 Å². The van der Waals surface area contributed by atoms with E-state index in [1.165, 1.54) is 11.8 Å². The predicted molar refractivity (Wildman–Crippen MR) is 101 cm³/mol. The van der Waals surface area contributed by atoms with E-state index in [2.05, 4.69) is 10.3 Å². The number of nitrogens with one attached hydrogen (secondary N) is 1. The van der Waals surface area contributed by atoms with Gasteiger partial charge in [0.05, 0.1) is 10.9 Å². The third kappa shape index (κ3) is 3.43. The van der Waals surface area contributed by atoms with Crippen molar-refractivity contribution in [3.05, 3.63) is 59.7 Å². The molecule has 0 saturated heterocycles. The van der Waals surface area contributed by atoms with Crippen LogP contribution < -0.4 is 15.8 Å². The maximum absolute atomic E-state index is 12.4. The minimum atomic E-state index is -0.559. The molecule has 2 aromatic rings. The fraction of sp³-hybridized carbons (Fsp3) is 0.211. The minimum absolute atomic E-state index is 0.169. The summed E-state index contributed by atoms with van der Waals surface area (Å²) >= 11 is 1.27. The summed E-state index contributed by atoms with van der Waals surface area (Å²) in [5.74, 6) is 0.251. The van der Waals surface area contributed by atoms with Crippen molar-refractivity contribution >= 4 is 34.4 Å². The summed E-state index contributed by atoms with van der Waals surface area (Å²) in [6, 6.07) is 15.3. The van der Waals surface area contributed by atoms with Gasteiger partial charge in [0.2, 0.25) is 0 Å². The first kappa shape index (κ1) is 16.7. The number of hydrogen-bond donors (Lipinski definition) is 2. The van der Waals surface area contributed by atoms with Gasteiger partial charge in [-0.1, -0.05) is 48.2 Å². The van der Waals surface area contributed by atoms with E-state index in [0.717, 1.165) is 11.1 Å². The molecule has 2 aromatic carbocycles. The molecule has 2 unspecified atom stereocenters. The molecule has 0 aromatic heterocycles. The van der Waals surface area contributed by atoms with Gasteiger partial charge < -0.3 is 15.8 Å². The van der Waals surface area contributed by atoms with Crippen LogP contribution in [0.5, 0.6) is 5.75 Å². The molecule has 2 aliphatic rings. The normalized spacial score (nSPS) is 21.6. The fourth-order valence-electron chi connectivity index (χ4n) is 3.03. The summed E-state index contributed by atoms with van der Waals surface area (Å²) in [4.78, 5) is 27.9. The third-order valence-electron chi connectivity index (χ3n) is 4.31. The number of thioether (sulfide) groups is 1. The van der Waals surface area contributed by atoms with Gasteiger partial charge in [-0.2, -0.15) is 4.99 Å². The van der Waals surface area contributed by atoms with Crippen LogP contribution in [0.25, 0.3) is 0 Å². The van der Waals surface area contributed by atoms with Gasteiger partial charge in [-0.3, -0.25) is 9.59 Å². The van der Waals surface area contributed by atoms with E-state index >= 15 is 0 Å². The lowest BCUT2D eigenvalue weighted by Gasteiger charge is -2.26. The van der Waals surface area contributed by atoms with Gasteiger partial charge >= 0.3 is 0 Å². The second-order valence-electron chi connectivity index (χ2n) is 6.21. The molecule has 0 saturated carbocycles. The number of anilines is 1. The van der Waals surface area contributed by atoms with Crippen LogP contribution in [-0.2, 0) is 22.4 Å². The van der Waals surface area contributed by atoms with Crippen molar-refractivity contribution in [3.8, 4) is 5.75 Å². The Morgan fingerprint density at radius 1 is 1.08 bits per heavy atom. The number of hydrogen-bond acceptors (Lipinski definition) is 5. The number of nitrogens with two attached hydrogens (primary N) is 1. The quantitative estimate of drug-likeness (QED) is 0.863. The van der Waals surface area contributed by atoms with Gasteiger partial charge in [0.15, 0.2) is 11.3 Å². The van der Waals surface area contributed by atoms with E-state index in [4.69, 9.17) is 10.5 Å². The molecular weight excluding hydrogens is 350 g/mol. The Bertz CT molecular complexity index is 898. The standard InChI is InChI=1S/C19H17N3O3S/c20-19-22-18(24)16(26-19)10-12-6-7-14-13(8-12)21-17(23)15(25-14)9-11-4-2-1-3-5-11/h1-8,15-16H,9-10H2,(H,21,23)(H2,20,22,24). The SMILES string of the molecule is NC1=NC(=O)C(Cc2ccc3c(c2)NC(=O)C(Cc2ccccc2)O3)S1. The van der Waals surface area contributed by atoms with E-state index in [0.29, 0.717) is 29.4 Å². The van der Waals surface area contributed by atoms with Crippen molar-refractivity contribution in [2.75, 3.05) is 5.32 Å². The Hall–Kier alpha value is -2.80. The first-order valence-electron chi connectivity index (χ1n) is 8.27. The van der Waals surface area contributed by atoms with E-state index in [1.54, 1.807) is 0 Å². The number of amidine groups is 1. The number of carbonyl (C=O) groups is 2. The van der Waals surface area contributed by atoms with Gasteiger partial charge in [-0.05, 0) is 29.7 Å². The van der Waals surface area contributed by atoms with Gasteiger partial charge in [-0.15, -0.1) is 0 Å². The molecule has 2 amide bonds. The second kappa shape index (κ2) is 6.84. The van der Waals surface area contributed by atoms with E-state index in [-0.39, 0.29) is 17.1 Å². The molecule has 3 N–H and O–H groups in total. The number of benzene rings is 2. The Labute approximate surface area is 154 Å². The summed E-state index contributed by atoms with van der Waals surface area (Å²) in [5.41, 5.74) is 8.18. The Morgan fingerprint density at radius 2 is 1.88 bits per heavy atom. The Kier molecular flexibility index (Phi) is 4.38. The van der Waals surface area contributed by atoms with E-state index in [9.17, 15) is 9.59 Å². The molecule has 0 spiro atoms. The van der Waals surface area contributed by atoms with Crippen molar-refractivity contribution in [3.63, 3.8) is 0 Å². The highest BCUT2D eigenvalue weighted by Crippen LogP contribution is 2.33. The first-order chi connectivity index (χ1) is 12.6. The number of ether oxygens (including phenoxy) is 1. The number of nitrogens with zero attached hydrogens (tertiary/aromatic N) is 1. The molecule has 4 rings (SSSR count). The maximum atomic E-state index is 12.4. The molecule has 26 heavy (non-hydrogen) atoms. The van der Waals surface area contributed by atoms with Gasteiger partial charge in [-0.25, -0.2) is 0 Å². The molecule has 6 nitrogen and oxygen atoms in total. The summed E-state index contributed by atoms with van der Waals surface area (Å²) in [6.07, 6.45) is 0.457. The molecule has 0 bridgehead atoms. The highest BCUT2D eigenvalue weighted by atomic mass is 32.2. The summed E-state index contributed by atoms with van der Waals surface area (Å²) in [5, 5.41) is 2.90. The molecule has 0 fully saturated rings. The minimum Gasteiger partial charge on any atom is -0.478 e. The predicted octanol–water partition coefficient (Wildman–Crippen LogP) is 2.13. The summed E-state index contributed by atoms with van der Waals surface area (Å²) in [7, 11) is 0. The fourth-order valence-corrected chi connectivity index (χ4v) is 3.90. The number of fused-ring (bicyclic) bond motifs is 1. The Morgan fingerprint density at radius 3 is 2.62 bits per heavy atom. The van der Waals surface area contributed by atoms with Crippen molar-refractivity contribution < 1.29 is 14.3 Å². The van der Waals surface area contributed by atoms with Crippen LogP contribution in [0, 0.1) is 0 Å². The van der Waals surface area contributed by atoms with Crippen molar-refractivity contribution in [2.24, 2.45) is 10.7 Å². The van der Waals surface area contributed by atoms with Crippen LogP contribution in [-0.4, -0.2) is 28.3 Å². The van der Waals surface area contributed by atoms with Gasteiger partial charge in [0.1, 0.15) is 5.75 Å². The van der Waals surface area contributed by atoms with Crippen LogP contribution in [0.4, 0.5) is 5.69 Å². The molecular formula is C19H17N3O3S. The van der Waals surface area contributed by atoms with Crippen molar-refractivity contribution in [1.29, 1.82) is 0 Å². The summed E-state index contributed by atoms with van der Waals surface area (Å²) in [6.45, 7) is 0. The van der Waals surface area contributed by atoms with Gasteiger partial charge in [0, 0.05) is 6.42 Å². The largest absolute Gasteiger partial charge is 0.478 e. The van der Waals surface area contributed by atoms with Crippen LogP contribution >= 0.6 is 11.8 Å². The molecule has 132 valence electrons. The van der Waals surface area contributed by atoms with Crippen molar-refractivity contribution in [2.45, 2.75) is 24.2 Å². The summed E-state index contributed by atoms with van der Waals surface area (Å²) < 4.78 is 5.88. The Balaban J connectivity index is 1.47. The van der Waals surface area contributed by atoms with Gasteiger partial charge in [0.25, 0.3) is 11.8 Å².